The monoisotopic (exact) mass is 368 g/mol. The van der Waals surface area contributed by atoms with Crippen LogP contribution in [-0.4, -0.2) is 47.3 Å². The van der Waals surface area contributed by atoms with Crippen LogP contribution in [0.3, 0.4) is 0 Å². The van der Waals surface area contributed by atoms with Crippen molar-refractivity contribution >= 4 is 17.6 Å². The fourth-order valence-electron chi connectivity index (χ4n) is 2.63. The average Bonchev–Trinajstić information content (AvgIpc) is 2.67. The quantitative estimate of drug-likeness (QED) is 0.703. The molecule has 2 rings (SSSR count). The van der Waals surface area contributed by atoms with Gasteiger partial charge in [0.1, 0.15) is 0 Å². The second-order valence-corrected chi connectivity index (χ2v) is 6.26. The number of amides is 2. The van der Waals surface area contributed by atoms with Crippen molar-refractivity contribution in [2.75, 3.05) is 19.7 Å². The third-order valence-corrected chi connectivity index (χ3v) is 4.01. The summed E-state index contributed by atoms with van der Waals surface area (Å²) in [4.78, 5) is 36.9. The highest BCUT2D eigenvalue weighted by molar-refractivity contribution is 5.94. The molecule has 0 fully saturated rings. The smallest absolute Gasteiger partial charge is 0.254 e. The molecule has 0 spiro atoms. The van der Waals surface area contributed by atoms with Gasteiger partial charge < -0.3 is 15.3 Å². The molecule has 0 unspecified atom stereocenters. The Labute approximate surface area is 158 Å². The van der Waals surface area contributed by atoms with Crippen LogP contribution in [0.1, 0.15) is 28.4 Å². The molecule has 27 heavy (non-hydrogen) atoms. The lowest BCUT2D eigenvalue weighted by atomic mass is 10.1. The van der Waals surface area contributed by atoms with E-state index >= 15 is 0 Å². The molecule has 0 radical (unpaired) electrons. The van der Waals surface area contributed by atoms with Crippen LogP contribution in [0.2, 0.25) is 0 Å². The normalized spacial score (nSPS) is 10.3. The van der Waals surface area contributed by atoms with E-state index in [0.29, 0.717) is 12.1 Å². The maximum Gasteiger partial charge on any atom is 0.254 e. The van der Waals surface area contributed by atoms with Gasteiger partial charge in [-0.2, -0.15) is 0 Å². The highest BCUT2D eigenvalue weighted by atomic mass is 16.3. The third kappa shape index (κ3) is 6.67. The first-order valence-electron chi connectivity index (χ1n) is 8.78. The number of carbonyl (C=O) groups is 3. The van der Waals surface area contributed by atoms with Gasteiger partial charge in [0, 0.05) is 32.0 Å². The number of nitrogens with one attached hydrogen (secondary N) is 1. The van der Waals surface area contributed by atoms with Gasteiger partial charge in [0.15, 0.2) is 5.78 Å². The SMILES string of the molecule is CC(=O)NCC(=O)Cc1ccc(CN(CCO)C(=O)c2ccccc2)cc1. The summed E-state index contributed by atoms with van der Waals surface area (Å²) >= 11 is 0. The van der Waals surface area contributed by atoms with Crippen LogP contribution in [0.15, 0.2) is 54.6 Å². The number of hydrogen-bond acceptors (Lipinski definition) is 4. The second kappa shape index (κ2) is 10.2. The van der Waals surface area contributed by atoms with E-state index < -0.39 is 0 Å². The lowest BCUT2D eigenvalue weighted by Crippen LogP contribution is -2.33. The van der Waals surface area contributed by atoms with Crippen LogP contribution >= 0.6 is 0 Å². The summed E-state index contributed by atoms with van der Waals surface area (Å²) in [5.74, 6) is -0.441. The highest BCUT2D eigenvalue weighted by Gasteiger charge is 2.15. The minimum Gasteiger partial charge on any atom is -0.395 e. The molecule has 2 amide bonds. The lowest BCUT2D eigenvalue weighted by Gasteiger charge is -2.22. The predicted octanol–water partition coefficient (Wildman–Crippen LogP) is 1.57. The maximum atomic E-state index is 12.6. The Balaban J connectivity index is 1.99. The molecule has 6 nitrogen and oxygen atoms in total. The van der Waals surface area contributed by atoms with Crippen LogP contribution in [0.25, 0.3) is 0 Å². The van der Waals surface area contributed by atoms with Crippen LogP contribution in [-0.2, 0) is 22.6 Å². The van der Waals surface area contributed by atoms with Crippen LogP contribution in [0, 0.1) is 0 Å². The number of carbonyl (C=O) groups excluding carboxylic acids is 3. The van der Waals surface area contributed by atoms with E-state index in [2.05, 4.69) is 5.32 Å². The summed E-state index contributed by atoms with van der Waals surface area (Å²) < 4.78 is 0. The highest BCUT2D eigenvalue weighted by Crippen LogP contribution is 2.12. The molecule has 2 N–H and O–H groups in total. The lowest BCUT2D eigenvalue weighted by molar-refractivity contribution is -0.123. The van der Waals surface area contributed by atoms with Gasteiger partial charge in [0.05, 0.1) is 13.2 Å². The first kappa shape index (κ1) is 20.3. The van der Waals surface area contributed by atoms with Gasteiger partial charge in [-0.25, -0.2) is 0 Å². The standard InChI is InChI=1S/C21H24N2O4/c1-16(25)22-14-20(26)13-17-7-9-18(10-8-17)15-23(11-12-24)21(27)19-5-3-2-4-6-19/h2-10,24H,11-15H2,1H3,(H,22,25). The average molecular weight is 368 g/mol. The van der Waals surface area contributed by atoms with E-state index in [-0.39, 0.29) is 43.7 Å². The Morgan fingerprint density at radius 2 is 1.59 bits per heavy atom. The zero-order chi connectivity index (χ0) is 19.6. The zero-order valence-corrected chi connectivity index (χ0v) is 15.4. The number of rotatable bonds is 9. The number of hydrogen-bond donors (Lipinski definition) is 2. The number of Topliss-reactive ketones (excluding diaryl/α,β-unsaturated/α-hetero) is 1. The van der Waals surface area contributed by atoms with E-state index in [1.165, 1.54) is 6.92 Å². The molecule has 2 aromatic carbocycles. The summed E-state index contributed by atoms with van der Waals surface area (Å²) in [5.41, 5.74) is 2.33. The molecule has 0 heterocycles. The van der Waals surface area contributed by atoms with Crippen molar-refractivity contribution in [1.29, 1.82) is 0 Å². The van der Waals surface area contributed by atoms with Crippen LogP contribution < -0.4 is 5.32 Å². The Morgan fingerprint density at radius 3 is 2.19 bits per heavy atom. The molecule has 0 bridgehead atoms. The topological polar surface area (TPSA) is 86.7 Å². The Bertz CT molecular complexity index is 773. The fraction of sp³-hybridized carbons (Fsp3) is 0.286. The summed E-state index contributed by atoms with van der Waals surface area (Å²) in [6, 6.07) is 16.4. The van der Waals surface area contributed by atoms with E-state index in [9.17, 15) is 19.5 Å². The molecule has 142 valence electrons. The van der Waals surface area contributed by atoms with Gasteiger partial charge in [0.25, 0.3) is 5.91 Å². The van der Waals surface area contributed by atoms with E-state index in [1.54, 1.807) is 29.2 Å². The maximum absolute atomic E-state index is 12.6. The van der Waals surface area contributed by atoms with Gasteiger partial charge in [-0.3, -0.25) is 14.4 Å². The van der Waals surface area contributed by atoms with Crippen molar-refractivity contribution in [3.8, 4) is 0 Å². The molecule has 0 saturated heterocycles. The number of aliphatic hydroxyl groups is 1. The third-order valence-electron chi connectivity index (χ3n) is 4.01. The fourth-order valence-corrected chi connectivity index (χ4v) is 2.63. The predicted molar refractivity (Wildman–Crippen MR) is 102 cm³/mol. The first-order valence-corrected chi connectivity index (χ1v) is 8.78. The van der Waals surface area contributed by atoms with Crippen molar-refractivity contribution in [3.05, 3.63) is 71.3 Å². The molecular formula is C21H24N2O4. The molecule has 0 aromatic heterocycles. The van der Waals surface area contributed by atoms with Crippen molar-refractivity contribution in [2.24, 2.45) is 0 Å². The molecular weight excluding hydrogens is 344 g/mol. The van der Waals surface area contributed by atoms with Crippen molar-refractivity contribution in [1.82, 2.24) is 10.2 Å². The molecule has 0 aliphatic carbocycles. The summed E-state index contributed by atoms with van der Waals surface area (Å²) in [6.45, 7) is 1.89. The van der Waals surface area contributed by atoms with Gasteiger partial charge in [-0.15, -0.1) is 0 Å². The van der Waals surface area contributed by atoms with Crippen LogP contribution in [0.5, 0.6) is 0 Å². The molecule has 0 aliphatic heterocycles. The van der Waals surface area contributed by atoms with Crippen molar-refractivity contribution in [3.63, 3.8) is 0 Å². The summed E-state index contributed by atoms with van der Waals surface area (Å²) in [7, 11) is 0. The number of benzene rings is 2. The van der Waals surface area contributed by atoms with E-state index in [0.717, 1.165) is 11.1 Å². The van der Waals surface area contributed by atoms with Crippen molar-refractivity contribution in [2.45, 2.75) is 19.9 Å². The minimum absolute atomic E-state index is 0.0208. The Morgan fingerprint density at radius 1 is 0.963 bits per heavy atom. The molecule has 0 atom stereocenters. The van der Waals surface area contributed by atoms with Gasteiger partial charge in [-0.05, 0) is 23.3 Å². The minimum atomic E-state index is -0.231. The van der Waals surface area contributed by atoms with E-state index in [1.807, 2.05) is 30.3 Å². The van der Waals surface area contributed by atoms with Crippen LogP contribution in [0.4, 0.5) is 0 Å². The summed E-state index contributed by atoms with van der Waals surface area (Å²) in [6.07, 6.45) is 0.240. The second-order valence-electron chi connectivity index (χ2n) is 6.26. The number of aliphatic hydroxyl groups excluding tert-OH is 1. The summed E-state index contributed by atoms with van der Waals surface area (Å²) in [5, 5.41) is 11.8. The van der Waals surface area contributed by atoms with Gasteiger partial charge in [-0.1, -0.05) is 42.5 Å². The Kier molecular flexibility index (Phi) is 7.70. The van der Waals surface area contributed by atoms with Gasteiger partial charge >= 0.3 is 0 Å². The van der Waals surface area contributed by atoms with Gasteiger partial charge in [0.2, 0.25) is 5.91 Å². The molecule has 2 aromatic rings. The molecule has 0 aliphatic rings. The van der Waals surface area contributed by atoms with Crippen molar-refractivity contribution < 1.29 is 19.5 Å². The zero-order valence-electron chi connectivity index (χ0n) is 15.4. The number of nitrogens with zero attached hydrogens (tertiary/aromatic N) is 1. The number of ketones is 1. The molecule has 0 saturated carbocycles. The Hall–Kier alpha value is -2.99. The van der Waals surface area contributed by atoms with E-state index in [4.69, 9.17) is 0 Å². The largest absolute Gasteiger partial charge is 0.395 e. The molecule has 6 heteroatoms. The first-order chi connectivity index (χ1) is 13.0.